The zero-order valence-corrected chi connectivity index (χ0v) is 12.0. The fourth-order valence-electron chi connectivity index (χ4n) is 3.09. The van der Waals surface area contributed by atoms with E-state index in [0.717, 1.165) is 13.1 Å². The van der Waals surface area contributed by atoms with Gasteiger partial charge in [0.25, 0.3) is 0 Å². The summed E-state index contributed by atoms with van der Waals surface area (Å²) in [7, 11) is 2.03. The van der Waals surface area contributed by atoms with Crippen molar-refractivity contribution in [2.75, 3.05) is 18.5 Å². The molecule has 0 radical (unpaired) electrons. The third-order valence-electron chi connectivity index (χ3n) is 4.12. The van der Waals surface area contributed by atoms with Crippen molar-refractivity contribution in [2.24, 2.45) is 0 Å². The van der Waals surface area contributed by atoms with E-state index in [0.29, 0.717) is 6.04 Å². The van der Waals surface area contributed by atoms with Crippen LogP contribution < -0.4 is 10.2 Å². The van der Waals surface area contributed by atoms with Gasteiger partial charge in [-0.3, -0.25) is 0 Å². The second kappa shape index (κ2) is 6.10. The average Bonchev–Trinajstić information content (AvgIpc) is 2.84. The van der Waals surface area contributed by atoms with E-state index in [1.165, 1.54) is 29.7 Å². The second-order valence-electron chi connectivity index (χ2n) is 5.49. The maximum absolute atomic E-state index is 3.28. The molecule has 2 aromatic rings. The quantitative estimate of drug-likeness (QED) is 0.894. The highest BCUT2D eigenvalue weighted by Crippen LogP contribution is 2.34. The van der Waals surface area contributed by atoms with Crippen molar-refractivity contribution < 1.29 is 0 Å². The first-order chi connectivity index (χ1) is 9.88. The average molecular weight is 266 g/mol. The Balaban J connectivity index is 1.83. The first kappa shape index (κ1) is 13.2. The Morgan fingerprint density at radius 1 is 1.05 bits per heavy atom. The van der Waals surface area contributed by atoms with Gasteiger partial charge >= 0.3 is 0 Å². The third kappa shape index (κ3) is 2.70. The molecule has 1 aliphatic heterocycles. The molecule has 0 aliphatic carbocycles. The minimum atomic E-state index is 0.611. The highest BCUT2D eigenvalue weighted by atomic mass is 15.2. The van der Waals surface area contributed by atoms with Crippen molar-refractivity contribution in [1.29, 1.82) is 0 Å². The van der Waals surface area contributed by atoms with Gasteiger partial charge in [-0.05, 0) is 43.6 Å². The predicted octanol–water partition coefficient (Wildman–Crippen LogP) is 3.23. The Bertz CT molecular complexity index is 550. The molecule has 0 bridgehead atoms. The molecule has 0 aromatic heterocycles. The molecule has 0 saturated carbocycles. The maximum atomic E-state index is 3.28. The van der Waals surface area contributed by atoms with Gasteiger partial charge in [0, 0.05) is 18.3 Å². The van der Waals surface area contributed by atoms with Crippen LogP contribution in [0.15, 0.2) is 54.6 Å². The molecule has 1 unspecified atom stereocenters. The molecule has 0 saturated heterocycles. The lowest BCUT2D eigenvalue weighted by atomic mass is 10.1. The number of rotatable bonds is 5. The fourth-order valence-corrected chi connectivity index (χ4v) is 3.09. The summed E-state index contributed by atoms with van der Waals surface area (Å²) in [5.41, 5.74) is 4.29. The zero-order valence-electron chi connectivity index (χ0n) is 12.0. The number of benzene rings is 2. The lowest BCUT2D eigenvalue weighted by Crippen LogP contribution is -2.33. The number of hydrogen-bond donors (Lipinski definition) is 1. The van der Waals surface area contributed by atoms with Gasteiger partial charge in [0.15, 0.2) is 0 Å². The monoisotopic (exact) mass is 266 g/mol. The first-order valence-corrected chi connectivity index (χ1v) is 7.41. The van der Waals surface area contributed by atoms with Crippen LogP contribution in [0, 0.1) is 0 Å². The largest absolute Gasteiger partial charge is 0.364 e. The van der Waals surface area contributed by atoms with Crippen molar-refractivity contribution in [1.82, 2.24) is 5.32 Å². The summed E-state index contributed by atoms with van der Waals surface area (Å²) < 4.78 is 0. The van der Waals surface area contributed by atoms with Gasteiger partial charge in [0.2, 0.25) is 0 Å². The van der Waals surface area contributed by atoms with Crippen molar-refractivity contribution in [3.05, 3.63) is 65.7 Å². The fraction of sp³-hybridized carbons (Fsp3) is 0.333. The van der Waals surface area contributed by atoms with E-state index < -0.39 is 0 Å². The minimum Gasteiger partial charge on any atom is -0.364 e. The molecule has 1 aliphatic rings. The SMILES string of the molecule is CNCCC1Cc2ccccc2N1Cc1ccccc1. The van der Waals surface area contributed by atoms with Crippen molar-refractivity contribution in [3.8, 4) is 0 Å². The summed E-state index contributed by atoms with van der Waals surface area (Å²) in [5.74, 6) is 0. The van der Waals surface area contributed by atoms with Crippen LogP contribution in [0.25, 0.3) is 0 Å². The number of anilines is 1. The van der Waals surface area contributed by atoms with E-state index in [9.17, 15) is 0 Å². The molecule has 0 amide bonds. The molecule has 1 N–H and O–H groups in total. The smallest absolute Gasteiger partial charge is 0.0432 e. The molecular weight excluding hydrogens is 244 g/mol. The second-order valence-corrected chi connectivity index (χ2v) is 5.49. The number of hydrogen-bond acceptors (Lipinski definition) is 2. The number of nitrogens with one attached hydrogen (secondary N) is 1. The Morgan fingerprint density at radius 3 is 2.60 bits per heavy atom. The van der Waals surface area contributed by atoms with Crippen molar-refractivity contribution >= 4 is 5.69 Å². The van der Waals surface area contributed by atoms with Crippen molar-refractivity contribution in [2.45, 2.75) is 25.4 Å². The van der Waals surface area contributed by atoms with Crippen LogP contribution in [-0.2, 0) is 13.0 Å². The van der Waals surface area contributed by atoms with Crippen LogP contribution in [0.1, 0.15) is 17.5 Å². The summed E-state index contributed by atoms with van der Waals surface area (Å²) in [6.07, 6.45) is 2.36. The third-order valence-corrected chi connectivity index (χ3v) is 4.12. The van der Waals surface area contributed by atoms with Crippen LogP contribution in [0.4, 0.5) is 5.69 Å². The summed E-state index contributed by atoms with van der Waals surface area (Å²) in [6.45, 7) is 2.08. The van der Waals surface area contributed by atoms with Gasteiger partial charge in [-0.15, -0.1) is 0 Å². The van der Waals surface area contributed by atoms with Gasteiger partial charge < -0.3 is 10.2 Å². The molecular formula is C18H22N2. The Kier molecular flexibility index (Phi) is 4.03. The summed E-state index contributed by atoms with van der Waals surface area (Å²) in [4.78, 5) is 2.57. The molecule has 2 heteroatoms. The molecule has 0 fully saturated rings. The molecule has 0 spiro atoms. The van der Waals surface area contributed by atoms with Gasteiger partial charge in [0.05, 0.1) is 0 Å². The van der Waals surface area contributed by atoms with Gasteiger partial charge in [-0.1, -0.05) is 48.5 Å². The predicted molar refractivity (Wildman–Crippen MR) is 85.1 cm³/mol. The molecule has 2 nitrogen and oxygen atoms in total. The number of nitrogens with zero attached hydrogens (tertiary/aromatic N) is 1. The Hall–Kier alpha value is -1.80. The van der Waals surface area contributed by atoms with E-state index >= 15 is 0 Å². The highest BCUT2D eigenvalue weighted by molar-refractivity contribution is 5.59. The molecule has 20 heavy (non-hydrogen) atoms. The van der Waals surface area contributed by atoms with Crippen LogP contribution >= 0.6 is 0 Å². The first-order valence-electron chi connectivity index (χ1n) is 7.41. The summed E-state index contributed by atoms with van der Waals surface area (Å²) in [6, 6.07) is 20.2. The van der Waals surface area contributed by atoms with Crippen LogP contribution in [-0.4, -0.2) is 19.6 Å². The maximum Gasteiger partial charge on any atom is 0.0432 e. The van der Waals surface area contributed by atoms with E-state index in [-0.39, 0.29) is 0 Å². The van der Waals surface area contributed by atoms with E-state index in [1.807, 2.05) is 7.05 Å². The molecule has 1 atom stereocenters. The number of para-hydroxylation sites is 1. The Labute approximate surface area is 121 Å². The van der Waals surface area contributed by atoms with Gasteiger partial charge in [-0.25, -0.2) is 0 Å². The lowest BCUT2D eigenvalue weighted by molar-refractivity contribution is 0.557. The van der Waals surface area contributed by atoms with E-state index in [1.54, 1.807) is 0 Å². The summed E-state index contributed by atoms with van der Waals surface area (Å²) >= 11 is 0. The molecule has 104 valence electrons. The highest BCUT2D eigenvalue weighted by Gasteiger charge is 2.28. The normalized spacial score (nSPS) is 17.2. The van der Waals surface area contributed by atoms with Gasteiger partial charge in [0.1, 0.15) is 0 Å². The zero-order chi connectivity index (χ0) is 13.8. The van der Waals surface area contributed by atoms with Crippen molar-refractivity contribution in [3.63, 3.8) is 0 Å². The standard InChI is InChI=1S/C18H22N2/c1-19-12-11-17-13-16-9-5-6-10-18(16)20(17)14-15-7-3-2-4-8-15/h2-10,17,19H,11-14H2,1H3. The molecule has 2 aromatic carbocycles. The van der Waals surface area contributed by atoms with E-state index in [2.05, 4.69) is 64.8 Å². The lowest BCUT2D eigenvalue weighted by Gasteiger charge is -2.28. The van der Waals surface area contributed by atoms with E-state index in [4.69, 9.17) is 0 Å². The van der Waals surface area contributed by atoms with Gasteiger partial charge in [-0.2, -0.15) is 0 Å². The summed E-state index contributed by atoms with van der Waals surface area (Å²) in [5, 5.41) is 3.28. The molecule has 3 rings (SSSR count). The van der Waals surface area contributed by atoms with Crippen LogP contribution in [0.5, 0.6) is 0 Å². The topological polar surface area (TPSA) is 15.3 Å². The van der Waals surface area contributed by atoms with Crippen LogP contribution in [0.2, 0.25) is 0 Å². The molecule has 1 heterocycles. The Morgan fingerprint density at radius 2 is 1.80 bits per heavy atom. The van der Waals surface area contributed by atoms with Crippen LogP contribution in [0.3, 0.4) is 0 Å². The minimum absolute atomic E-state index is 0.611. The number of fused-ring (bicyclic) bond motifs is 1.